The zero-order valence-electron chi connectivity index (χ0n) is 12.3. The maximum Gasteiger partial charge on any atom is 0.253 e. The number of halogens is 1. The Balaban J connectivity index is 1.66. The maximum absolute atomic E-state index is 12.8. The van der Waals surface area contributed by atoms with E-state index in [0.29, 0.717) is 17.1 Å². The van der Waals surface area contributed by atoms with Crippen LogP contribution in [-0.2, 0) is 0 Å². The maximum atomic E-state index is 12.8. The third-order valence-corrected chi connectivity index (χ3v) is 3.79. The summed E-state index contributed by atoms with van der Waals surface area (Å²) >= 11 is 0. The molecule has 0 aliphatic carbocycles. The lowest BCUT2D eigenvalue weighted by molar-refractivity contribution is 0.0724. The van der Waals surface area contributed by atoms with Gasteiger partial charge in [0.2, 0.25) is 0 Å². The summed E-state index contributed by atoms with van der Waals surface area (Å²) in [6.45, 7) is 1.68. The largest absolute Gasteiger partial charge is 0.457 e. The lowest BCUT2D eigenvalue weighted by Gasteiger charge is -2.26. The van der Waals surface area contributed by atoms with E-state index in [1.54, 1.807) is 36.4 Å². The highest BCUT2D eigenvalue weighted by Crippen LogP contribution is 2.22. The third kappa shape index (κ3) is 3.45. The number of piperidine rings is 1. The van der Waals surface area contributed by atoms with Crippen molar-refractivity contribution < 1.29 is 13.9 Å². The SMILES string of the molecule is O=C(c1ccc(Oc2ccc(F)cc2)cc1)N1CCCCC1. The monoisotopic (exact) mass is 299 g/mol. The molecule has 0 aromatic heterocycles. The minimum Gasteiger partial charge on any atom is -0.457 e. The van der Waals surface area contributed by atoms with Gasteiger partial charge in [-0.25, -0.2) is 4.39 Å². The first-order valence-corrected chi connectivity index (χ1v) is 7.55. The number of carbonyl (C=O) groups excluding carboxylic acids is 1. The van der Waals surface area contributed by atoms with Gasteiger partial charge in [0, 0.05) is 18.7 Å². The Kier molecular flexibility index (Phi) is 4.37. The van der Waals surface area contributed by atoms with Crippen LogP contribution in [0, 0.1) is 5.82 Å². The Morgan fingerprint density at radius 1 is 0.864 bits per heavy atom. The predicted molar refractivity (Wildman–Crippen MR) is 82.7 cm³/mol. The summed E-state index contributed by atoms with van der Waals surface area (Å²) in [7, 11) is 0. The fourth-order valence-corrected chi connectivity index (χ4v) is 2.58. The van der Waals surface area contributed by atoms with Gasteiger partial charge in [-0.2, -0.15) is 0 Å². The molecule has 3 nitrogen and oxygen atoms in total. The van der Waals surface area contributed by atoms with Crippen molar-refractivity contribution in [2.75, 3.05) is 13.1 Å². The van der Waals surface area contributed by atoms with Crippen molar-refractivity contribution in [1.82, 2.24) is 4.90 Å². The summed E-state index contributed by atoms with van der Waals surface area (Å²) in [4.78, 5) is 14.3. The number of hydrogen-bond donors (Lipinski definition) is 0. The van der Waals surface area contributed by atoms with E-state index in [2.05, 4.69) is 0 Å². The lowest BCUT2D eigenvalue weighted by Crippen LogP contribution is -2.35. The van der Waals surface area contributed by atoms with Gasteiger partial charge in [-0.1, -0.05) is 0 Å². The molecule has 4 heteroatoms. The number of rotatable bonds is 3. The minimum absolute atomic E-state index is 0.0769. The molecule has 1 aliphatic rings. The van der Waals surface area contributed by atoms with Gasteiger partial charge in [-0.3, -0.25) is 4.79 Å². The topological polar surface area (TPSA) is 29.5 Å². The zero-order chi connectivity index (χ0) is 15.4. The van der Waals surface area contributed by atoms with Crippen LogP contribution >= 0.6 is 0 Å². The number of hydrogen-bond acceptors (Lipinski definition) is 2. The molecule has 1 saturated heterocycles. The van der Waals surface area contributed by atoms with Gasteiger partial charge < -0.3 is 9.64 Å². The Hall–Kier alpha value is -2.36. The fraction of sp³-hybridized carbons (Fsp3) is 0.278. The second-order valence-corrected chi connectivity index (χ2v) is 5.43. The molecule has 0 saturated carbocycles. The molecule has 1 aliphatic heterocycles. The average Bonchev–Trinajstić information content (AvgIpc) is 2.58. The van der Waals surface area contributed by atoms with Gasteiger partial charge in [-0.15, -0.1) is 0 Å². The zero-order valence-corrected chi connectivity index (χ0v) is 12.3. The average molecular weight is 299 g/mol. The summed E-state index contributed by atoms with van der Waals surface area (Å²) in [5.74, 6) is 0.973. The van der Waals surface area contributed by atoms with Crippen LogP contribution in [0.15, 0.2) is 48.5 Å². The summed E-state index contributed by atoms with van der Waals surface area (Å²) in [6.07, 6.45) is 3.36. The van der Waals surface area contributed by atoms with Crippen LogP contribution < -0.4 is 4.74 Å². The van der Waals surface area contributed by atoms with Crippen molar-refractivity contribution in [1.29, 1.82) is 0 Å². The highest BCUT2D eigenvalue weighted by Gasteiger charge is 2.17. The van der Waals surface area contributed by atoms with Crippen molar-refractivity contribution in [3.63, 3.8) is 0 Å². The molecule has 114 valence electrons. The number of ether oxygens (including phenoxy) is 1. The van der Waals surface area contributed by atoms with Crippen LogP contribution in [0.4, 0.5) is 4.39 Å². The Morgan fingerprint density at radius 3 is 2.00 bits per heavy atom. The predicted octanol–water partition coefficient (Wildman–Crippen LogP) is 4.24. The molecule has 0 atom stereocenters. The van der Waals surface area contributed by atoms with Crippen molar-refractivity contribution in [2.45, 2.75) is 19.3 Å². The van der Waals surface area contributed by atoms with Gasteiger partial charge in [-0.05, 0) is 67.8 Å². The lowest BCUT2D eigenvalue weighted by atomic mass is 10.1. The summed E-state index contributed by atoms with van der Waals surface area (Å²) < 4.78 is 18.5. The van der Waals surface area contributed by atoms with E-state index in [0.717, 1.165) is 25.9 Å². The first-order chi connectivity index (χ1) is 10.7. The molecule has 3 rings (SSSR count). The van der Waals surface area contributed by atoms with Crippen LogP contribution in [0.3, 0.4) is 0 Å². The number of amides is 1. The Labute approximate surface area is 129 Å². The minimum atomic E-state index is -0.296. The first kappa shape index (κ1) is 14.6. The number of benzene rings is 2. The molecule has 0 radical (unpaired) electrons. The van der Waals surface area contributed by atoms with Gasteiger partial charge >= 0.3 is 0 Å². The molecule has 2 aromatic rings. The summed E-state index contributed by atoms with van der Waals surface area (Å²) in [5, 5.41) is 0. The summed E-state index contributed by atoms with van der Waals surface area (Å²) in [5.41, 5.74) is 0.674. The highest BCUT2D eigenvalue weighted by atomic mass is 19.1. The van der Waals surface area contributed by atoms with E-state index in [4.69, 9.17) is 4.74 Å². The Morgan fingerprint density at radius 2 is 1.41 bits per heavy atom. The Bertz CT molecular complexity index is 631. The molecule has 0 N–H and O–H groups in total. The number of carbonyl (C=O) groups is 1. The van der Waals surface area contributed by atoms with Crippen LogP contribution in [0.25, 0.3) is 0 Å². The molecule has 1 amide bonds. The van der Waals surface area contributed by atoms with E-state index >= 15 is 0 Å². The highest BCUT2D eigenvalue weighted by molar-refractivity contribution is 5.94. The van der Waals surface area contributed by atoms with E-state index in [9.17, 15) is 9.18 Å². The van der Waals surface area contributed by atoms with E-state index in [1.807, 2.05) is 4.90 Å². The molecule has 1 fully saturated rings. The number of nitrogens with zero attached hydrogens (tertiary/aromatic N) is 1. The second kappa shape index (κ2) is 6.60. The van der Waals surface area contributed by atoms with Gasteiger partial charge in [0.05, 0.1) is 0 Å². The smallest absolute Gasteiger partial charge is 0.253 e. The van der Waals surface area contributed by atoms with E-state index in [1.165, 1.54) is 18.6 Å². The van der Waals surface area contributed by atoms with Gasteiger partial charge in [0.1, 0.15) is 17.3 Å². The fourth-order valence-electron chi connectivity index (χ4n) is 2.58. The molecule has 0 unspecified atom stereocenters. The molecule has 0 bridgehead atoms. The van der Waals surface area contributed by atoms with E-state index in [-0.39, 0.29) is 11.7 Å². The molecular formula is C18H18FNO2. The van der Waals surface area contributed by atoms with Crippen molar-refractivity contribution in [2.24, 2.45) is 0 Å². The molecule has 1 heterocycles. The van der Waals surface area contributed by atoms with Crippen LogP contribution in [-0.4, -0.2) is 23.9 Å². The first-order valence-electron chi connectivity index (χ1n) is 7.55. The number of likely N-dealkylation sites (tertiary alicyclic amines) is 1. The second-order valence-electron chi connectivity index (χ2n) is 5.43. The van der Waals surface area contributed by atoms with Crippen LogP contribution in [0.1, 0.15) is 29.6 Å². The molecule has 0 spiro atoms. The van der Waals surface area contributed by atoms with Crippen LogP contribution in [0.2, 0.25) is 0 Å². The van der Waals surface area contributed by atoms with Crippen molar-refractivity contribution in [3.8, 4) is 11.5 Å². The molecular weight excluding hydrogens is 281 g/mol. The van der Waals surface area contributed by atoms with Gasteiger partial charge in [0.25, 0.3) is 5.91 Å². The summed E-state index contributed by atoms with van der Waals surface area (Å²) in [6, 6.07) is 12.9. The van der Waals surface area contributed by atoms with Crippen molar-refractivity contribution >= 4 is 5.91 Å². The normalized spacial score (nSPS) is 14.7. The molecule has 2 aromatic carbocycles. The third-order valence-electron chi connectivity index (χ3n) is 3.79. The van der Waals surface area contributed by atoms with Gasteiger partial charge in [0.15, 0.2) is 0 Å². The van der Waals surface area contributed by atoms with Crippen molar-refractivity contribution in [3.05, 3.63) is 59.9 Å². The van der Waals surface area contributed by atoms with E-state index < -0.39 is 0 Å². The quantitative estimate of drug-likeness (QED) is 0.848. The molecule has 22 heavy (non-hydrogen) atoms. The van der Waals surface area contributed by atoms with Crippen LogP contribution in [0.5, 0.6) is 11.5 Å². The standard InChI is InChI=1S/C18H18FNO2/c19-15-6-10-17(11-7-15)22-16-8-4-14(5-9-16)18(21)20-12-2-1-3-13-20/h4-11H,1-3,12-13H2.